The van der Waals surface area contributed by atoms with E-state index >= 15 is 0 Å². The van der Waals surface area contributed by atoms with Crippen LogP contribution < -0.4 is 11.5 Å². The summed E-state index contributed by atoms with van der Waals surface area (Å²) in [7, 11) is 0. The van der Waals surface area contributed by atoms with Crippen molar-refractivity contribution in [3.05, 3.63) is 0 Å². The van der Waals surface area contributed by atoms with Crippen molar-refractivity contribution in [3.8, 4) is 0 Å². The third-order valence-corrected chi connectivity index (χ3v) is 0.892. The number of rotatable bonds is 2. The van der Waals surface area contributed by atoms with Gasteiger partial charge in [-0.2, -0.15) is 0 Å². The summed E-state index contributed by atoms with van der Waals surface area (Å²) in [5.74, 6) is 0. The van der Waals surface area contributed by atoms with E-state index in [2.05, 4.69) is 0 Å². The number of nitrogens with two attached hydrogens (primary N) is 2. The molecular formula is C4H12N2O. The molecule has 7 heavy (non-hydrogen) atoms. The fourth-order valence-corrected chi connectivity index (χ4v) is 0.197. The highest BCUT2D eigenvalue weighted by molar-refractivity contribution is 4.66. The average molecular weight is 104 g/mol. The van der Waals surface area contributed by atoms with Crippen molar-refractivity contribution in [1.29, 1.82) is 0 Å². The van der Waals surface area contributed by atoms with Crippen molar-refractivity contribution in [2.24, 2.45) is 11.5 Å². The molecule has 2 atom stereocenters. The molecule has 0 fully saturated rings. The monoisotopic (exact) mass is 104 g/mol. The van der Waals surface area contributed by atoms with E-state index in [1.165, 1.54) is 0 Å². The molecule has 0 amide bonds. The molecule has 0 aliphatic heterocycles. The van der Waals surface area contributed by atoms with Gasteiger partial charge in [0.2, 0.25) is 0 Å². The highest BCUT2D eigenvalue weighted by Crippen LogP contribution is 1.81. The van der Waals surface area contributed by atoms with Gasteiger partial charge in [0.1, 0.15) is 0 Å². The van der Waals surface area contributed by atoms with Gasteiger partial charge in [0.05, 0.1) is 6.10 Å². The third kappa shape index (κ3) is 2.56. The fourth-order valence-electron chi connectivity index (χ4n) is 0.197. The van der Waals surface area contributed by atoms with E-state index in [9.17, 15) is 0 Å². The second-order valence-electron chi connectivity index (χ2n) is 1.64. The Kier molecular flexibility index (Phi) is 2.91. The smallest absolute Gasteiger partial charge is 0.0675 e. The van der Waals surface area contributed by atoms with Gasteiger partial charge < -0.3 is 16.6 Å². The second-order valence-corrected chi connectivity index (χ2v) is 1.64. The van der Waals surface area contributed by atoms with Gasteiger partial charge in [-0.25, -0.2) is 0 Å². The molecule has 0 saturated carbocycles. The molecule has 0 bridgehead atoms. The van der Waals surface area contributed by atoms with E-state index in [1.807, 2.05) is 0 Å². The highest BCUT2D eigenvalue weighted by Gasteiger charge is 2.03. The van der Waals surface area contributed by atoms with Gasteiger partial charge in [0, 0.05) is 12.6 Å². The molecule has 0 aromatic rings. The summed E-state index contributed by atoms with van der Waals surface area (Å²) in [5.41, 5.74) is 10.3. The lowest BCUT2D eigenvalue weighted by atomic mass is 10.2. The Labute approximate surface area is 43.3 Å². The maximum absolute atomic E-state index is 8.62. The third-order valence-electron chi connectivity index (χ3n) is 0.892. The Morgan fingerprint density at radius 2 is 2.14 bits per heavy atom. The average Bonchev–Trinajstić information content (AvgIpc) is 1.65. The lowest BCUT2D eigenvalue weighted by Crippen LogP contribution is -2.39. The summed E-state index contributed by atoms with van der Waals surface area (Å²) < 4.78 is 0. The van der Waals surface area contributed by atoms with Crippen LogP contribution in [0.3, 0.4) is 0 Å². The van der Waals surface area contributed by atoms with Gasteiger partial charge in [-0.15, -0.1) is 0 Å². The van der Waals surface area contributed by atoms with Gasteiger partial charge in [0.25, 0.3) is 0 Å². The van der Waals surface area contributed by atoms with Gasteiger partial charge in [-0.1, -0.05) is 0 Å². The molecule has 44 valence electrons. The summed E-state index contributed by atoms with van der Waals surface area (Å²) >= 11 is 0. The second kappa shape index (κ2) is 2.96. The number of hydrogen-bond donors (Lipinski definition) is 3. The van der Waals surface area contributed by atoms with Crippen LogP contribution in [0, 0.1) is 0 Å². The zero-order valence-corrected chi connectivity index (χ0v) is 4.46. The Morgan fingerprint density at radius 3 is 2.14 bits per heavy atom. The van der Waals surface area contributed by atoms with Crippen LogP contribution in [-0.2, 0) is 0 Å². The largest absolute Gasteiger partial charge is 0.392 e. The Balaban J connectivity index is 3.14. The predicted octanol–water partition coefficient (Wildman–Crippen LogP) is -1.35. The van der Waals surface area contributed by atoms with E-state index in [4.69, 9.17) is 16.6 Å². The summed E-state index contributed by atoms with van der Waals surface area (Å²) in [5, 5.41) is 8.62. The van der Waals surface area contributed by atoms with E-state index < -0.39 is 6.10 Å². The predicted molar refractivity (Wildman–Crippen MR) is 28.7 cm³/mol. The maximum atomic E-state index is 8.62. The molecule has 0 aliphatic carbocycles. The van der Waals surface area contributed by atoms with Crippen LogP contribution >= 0.6 is 0 Å². The van der Waals surface area contributed by atoms with Crippen LogP contribution in [0.4, 0.5) is 0 Å². The molecule has 0 radical (unpaired) electrons. The van der Waals surface area contributed by atoms with Crippen LogP contribution in [0.25, 0.3) is 0 Å². The van der Waals surface area contributed by atoms with Crippen LogP contribution in [-0.4, -0.2) is 23.8 Å². The number of hydrogen-bond acceptors (Lipinski definition) is 3. The summed E-state index contributed by atoms with van der Waals surface area (Å²) in [4.78, 5) is 0. The van der Waals surface area contributed by atoms with Crippen molar-refractivity contribution in [3.63, 3.8) is 0 Å². The Morgan fingerprint density at radius 1 is 1.71 bits per heavy atom. The molecule has 5 N–H and O–H groups in total. The quantitative estimate of drug-likeness (QED) is 0.405. The lowest BCUT2D eigenvalue weighted by molar-refractivity contribution is 0.166. The minimum absolute atomic E-state index is 0.264. The topological polar surface area (TPSA) is 72.3 Å². The minimum atomic E-state index is -0.481. The van der Waals surface area contributed by atoms with E-state index in [1.54, 1.807) is 6.92 Å². The molecule has 3 heteroatoms. The summed E-state index contributed by atoms with van der Waals surface area (Å²) in [6, 6.07) is -0.264. The maximum Gasteiger partial charge on any atom is 0.0675 e. The van der Waals surface area contributed by atoms with Crippen molar-refractivity contribution in [2.75, 3.05) is 6.54 Å². The molecule has 0 heterocycles. The minimum Gasteiger partial charge on any atom is -0.392 e. The molecular weight excluding hydrogens is 92.1 g/mol. The molecule has 0 aliphatic rings. The van der Waals surface area contributed by atoms with E-state index in [0.29, 0.717) is 6.54 Å². The van der Waals surface area contributed by atoms with Crippen LogP contribution in [0.2, 0.25) is 0 Å². The SMILES string of the molecule is C[C@H](O)[C@@H](N)CN. The van der Waals surface area contributed by atoms with Crippen molar-refractivity contribution in [2.45, 2.75) is 19.1 Å². The van der Waals surface area contributed by atoms with Crippen molar-refractivity contribution in [1.82, 2.24) is 0 Å². The first-order valence-electron chi connectivity index (χ1n) is 2.32. The van der Waals surface area contributed by atoms with Gasteiger partial charge in [-0.3, -0.25) is 0 Å². The molecule has 3 nitrogen and oxygen atoms in total. The van der Waals surface area contributed by atoms with Crippen LogP contribution in [0.1, 0.15) is 6.92 Å². The van der Waals surface area contributed by atoms with Crippen molar-refractivity contribution >= 4 is 0 Å². The van der Waals surface area contributed by atoms with E-state index in [-0.39, 0.29) is 6.04 Å². The van der Waals surface area contributed by atoms with Crippen LogP contribution in [0.15, 0.2) is 0 Å². The molecule has 0 aromatic carbocycles. The van der Waals surface area contributed by atoms with Crippen LogP contribution in [0.5, 0.6) is 0 Å². The molecule has 0 aromatic heterocycles. The molecule has 0 unspecified atom stereocenters. The van der Waals surface area contributed by atoms with E-state index in [0.717, 1.165) is 0 Å². The zero-order valence-electron chi connectivity index (χ0n) is 4.46. The lowest BCUT2D eigenvalue weighted by Gasteiger charge is -2.09. The van der Waals surface area contributed by atoms with Crippen molar-refractivity contribution < 1.29 is 5.11 Å². The van der Waals surface area contributed by atoms with Gasteiger partial charge in [-0.05, 0) is 6.92 Å². The first-order chi connectivity index (χ1) is 3.18. The molecule has 0 spiro atoms. The Bertz CT molecular complexity index is 47.0. The fraction of sp³-hybridized carbons (Fsp3) is 1.00. The number of aliphatic hydroxyl groups is 1. The first-order valence-corrected chi connectivity index (χ1v) is 2.32. The Hall–Kier alpha value is -0.120. The zero-order chi connectivity index (χ0) is 5.86. The summed E-state index contributed by atoms with van der Waals surface area (Å²) in [6.07, 6.45) is -0.481. The normalized spacial score (nSPS) is 18.9. The highest BCUT2D eigenvalue weighted by atomic mass is 16.3. The van der Waals surface area contributed by atoms with Gasteiger partial charge in [0.15, 0.2) is 0 Å². The molecule has 0 rings (SSSR count). The standard InChI is InChI=1S/C4H12N2O/c1-3(7)4(6)2-5/h3-4,7H,2,5-6H2,1H3/t3-,4-/m0/s1. The number of aliphatic hydroxyl groups excluding tert-OH is 1. The molecule has 0 saturated heterocycles. The first kappa shape index (κ1) is 6.88. The summed E-state index contributed by atoms with van der Waals surface area (Å²) in [6.45, 7) is 1.97. The van der Waals surface area contributed by atoms with Gasteiger partial charge >= 0.3 is 0 Å².